The van der Waals surface area contributed by atoms with Crippen LogP contribution in [0.15, 0.2) is 136 Å². The van der Waals surface area contributed by atoms with E-state index < -0.39 is 83.7 Å². The van der Waals surface area contributed by atoms with Crippen molar-refractivity contribution in [1.29, 1.82) is 0 Å². The molecule has 0 radical (unpaired) electrons. The van der Waals surface area contributed by atoms with Gasteiger partial charge in [0.1, 0.15) is 35.3 Å². The molecule has 0 saturated carbocycles. The number of rotatable bonds is 26. The number of hydrazine groups is 1. The molecular formula is C55H60N10O14. The van der Waals surface area contributed by atoms with E-state index in [1.54, 1.807) is 38.5 Å². The predicted octanol–water partition coefficient (Wildman–Crippen LogP) is 4.35. The molecule has 5 atom stereocenters. The van der Waals surface area contributed by atoms with E-state index in [1.807, 2.05) is 61.5 Å². The van der Waals surface area contributed by atoms with Crippen LogP contribution in [0.3, 0.4) is 0 Å². The number of aliphatic hydroxyl groups excluding tert-OH is 1. The minimum Gasteiger partial charge on any atom is -0.497 e. The molecule has 8 rings (SSSR count). The van der Waals surface area contributed by atoms with Gasteiger partial charge in [-0.1, -0.05) is 80.8 Å². The lowest BCUT2D eigenvalue weighted by Gasteiger charge is -2.37. The van der Waals surface area contributed by atoms with Gasteiger partial charge in [-0.25, -0.2) is 24.6 Å². The molecule has 1 saturated heterocycles. The summed E-state index contributed by atoms with van der Waals surface area (Å²) in [6.45, 7) is 1.87. The number of aromatic amines is 2. The number of ether oxygens (including phenoxy) is 5. The standard InChI is InChI=1S/C55H60N10O14/c1-4-5-6-10-29-76-44(67)26-25-41(52(71)72)65(50(70)33-13-19-37(20-14-33)57-30-38-31-58-48-45(59-38)49(69)62-53(56)61-48)63-79-47-46(68)42(78-51(47)64-28-27-43(66)60-54(64)73)32-77-55(34-11-8-7-9-12-34,35-15-21-39(74-2)22-16-35)36-17-23-40(75-3)24-18-36/h7-9,11-24,27-28,31,41-42,46-47,51,57,63,68H,4-6,10,25-26,29-30,32H2,1-3H3,(H,71,72)(H,60,66,73)(H3,56,58,61,62,69)/t41?,42-,46-,47-,51-/m1/s1. The van der Waals surface area contributed by atoms with E-state index in [9.17, 15) is 39.0 Å². The molecule has 0 aliphatic carbocycles. The molecule has 7 aromatic rings. The fourth-order valence-corrected chi connectivity index (χ4v) is 9.00. The van der Waals surface area contributed by atoms with Crippen molar-refractivity contribution in [3.05, 3.63) is 181 Å². The zero-order chi connectivity index (χ0) is 56.1. The molecule has 4 aromatic carbocycles. The monoisotopic (exact) mass is 1080 g/mol. The highest BCUT2D eigenvalue weighted by Gasteiger charge is 2.49. The number of aliphatic carboxylic acids is 1. The Morgan fingerprint density at radius 3 is 2.16 bits per heavy atom. The summed E-state index contributed by atoms with van der Waals surface area (Å²) in [4.78, 5) is 102. The van der Waals surface area contributed by atoms with E-state index in [2.05, 4.69) is 35.8 Å². The van der Waals surface area contributed by atoms with Crippen LogP contribution in [0, 0.1) is 0 Å². The number of carbonyl (C=O) groups excluding carboxylic acids is 2. The second-order valence-electron chi connectivity index (χ2n) is 18.3. The number of nitrogen functional groups attached to an aromatic ring is 1. The van der Waals surface area contributed by atoms with Crippen LogP contribution in [-0.4, -0.2) is 114 Å². The highest BCUT2D eigenvalue weighted by molar-refractivity contribution is 5.96. The molecule has 1 amide bonds. The summed E-state index contributed by atoms with van der Waals surface area (Å²) in [5, 5.41) is 26.8. The van der Waals surface area contributed by atoms with Crippen molar-refractivity contribution in [2.45, 2.75) is 88.2 Å². The first kappa shape index (κ1) is 56.4. The number of H-pyrrole nitrogens is 2. The number of nitrogens with one attached hydrogen (secondary N) is 4. The maximum Gasteiger partial charge on any atom is 0.330 e. The van der Waals surface area contributed by atoms with E-state index >= 15 is 0 Å². The van der Waals surface area contributed by atoms with Gasteiger partial charge in [-0.3, -0.25) is 38.6 Å². The number of amides is 1. The van der Waals surface area contributed by atoms with E-state index in [0.717, 1.165) is 36.1 Å². The third-order valence-electron chi connectivity index (χ3n) is 13.2. The van der Waals surface area contributed by atoms with Crippen LogP contribution >= 0.6 is 0 Å². The van der Waals surface area contributed by atoms with Crippen LogP contribution in [0.1, 0.15) is 84.4 Å². The van der Waals surface area contributed by atoms with Gasteiger partial charge in [-0.05, 0) is 78.1 Å². The number of hydrogen-bond donors (Lipinski definition) is 7. The molecule has 1 aliphatic rings. The number of aliphatic hydroxyl groups is 1. The van der Waals surface area contributed by atoms with Crippen molar-refractivity contribution >= 4 is 40.6 Å². The quantitative estimate of drug-likeness (QED) is 0.0172. The predicted molar refractivity (Wildman–Crippen MR) is 286 cm³/mol. The van der Waals surface area contributed by atoms with Crippen LogP contribution < -0.4 is 42.9 Å². The average molecular weight is 1090 g/mol. The van der Waals surface area contributed by atoms with Crippen LogP contribution in [0.2, 0.25) is 0 Å². The number of carbonyl (C=O) groups is 3. The van der Waals surface area contributed by atoms with Gasteiger partial charge in [-0.15, -0.1) is 5.59 Å². The Hall–Kier alpha value is -8.81. The average Bonchev–Trinajstić information content (AvgIpc) is 3.98. The molecule has 0 spiro atoms. The number of carboxylic acid groups (broad SMARTS) is 1. The van der Waals surface area contributed by atoms with E-state index in [1.165, 1.54) is 30.5 Å². The lowest BCUT2D eigenvalue weighted by Crippen LogP contribution is -2.55. The first-order chi connectivity index (χ1) is 38.2. The van der Waals surface area contributed by atoms with Gasteiger partial charge in [0.25, 0.3) is 17.0 Å². The molecule has 79 heavy (non-hydrogen) atoms. The fraction of sp³-hybridized carbons (Fsp3) is 0.327. The number of nitrogens with two attached hydrogens (primary N) is 1. The number of aromatic nitrogens is 6. The largest absolute Gasteiger partial charge is 0.497 e. The van der Waals surface area contributed by atoms with Crippen LogP contribution in [0.25, 0.3) is 11.2 Å². The Bertz CT molecular complexity index is 3330. The van der Waals surface area contributed by atoms with E-state index in [-0.39, 0.29) is 42.4 Å². The summed E-state index contributed by atoms with van der Waals surface area (Å²) in [5.41, 5.74) is 7.28. The molecule has 1 unspecified atom stereocenters. The van der Waals surface area contributed by atoms with Gasteiger partial charge in [0.2, 0.25) is 5.95 Å². The van der Waals surface area contributed by atoms with Crippen molar-refractivity contribution in [2.75, 3.05) is 38.5 Å². The number of fused-ring (bicyclic) bond motifs is 1. The number of nitrogens with zero attached hydrogens (tertiary/aromatic N) is 5. The zero-order valence-electron chi connectivity index (χ0n) is 43.4. The first-order valence-corrected chi connectivity index (χ1v) is 25.3. The number of anilines is 2. The highest BCUT2D eigenvalue weighted by Crippen LogP contribution is 2.43. The van der Waals surface area contributed by atoms with Gasteiger partial charge in [0, 0.05) is 29.9 Å². The first-order valence-electron chi connectivity index (χ1n) is 25.3. The number of methoxy groups -OCH3 is 2. The topological polar surface area (TPSA) is 327 Å². The molecule has 4 heterocycles. The molecule has 1 aliphatic heterocycles. The Labute approximate surface area is 451 Å². The summed E-state index contributed by atoms with van der Waals surface area (Å²) in [6.07, 6.45) is -1.18. The number of esters is 1. The second-order valence-corrected chi connectivity index (χ2v) is 18.3. The van der Waals surface area contributed by atoms with Crippen molar-refractivity contribution in [2.24, 2.45) is 0 Å². The lowest BCUT2D eigenvalue weighted by molar-refractivity contribution is -0.177. The number of unbranched alkanes of at least 4 members (excludes halogenated alkanes) is 3. The third-order valence-corrected chi connectivity index (χ3v) is 13.2. The van der Waals surface area contributed by atoms with E-state index in [4.69, 9.17) is 34.3 Å². The SMILES string of the molecule is CCCCCCOC(=O)CCC(C(=O)O)N(NO[C@@H]1[C@H](O)[C@@H](COC(c2ccccc2)(c2ccc(OC)cc2)c2ccc(OC)cc2)O[C@H]1n1ccc(=O)[nH]c1=O)C(=O)c1ccc(NCc2cnc3nc(N)[nH]c(=O)c3n2)cc1. The molecule has 8 N–H and O–H groups in total. The van der Waals surface area contributed by atoms with Crippen LogP contribution in [-0.2, 0) is 40.8 Å². The smallest absolute Gasteiger partial charge is 0.330 e. The highest BCUT2D eigenvalue weighted by atomic mass is 16.7. The number of carboxylic acids is 1. The van der Waals surface area contributed by atoms with Crippen molar-refractivity contribution in [3.63, 3.8) is 0 Å². The minimum absolute atomic E-state index is 0.0189. The van der Waals surface area contributed by atoms with Gasteiger partial charge in [0.15, 0.2) is 23.5 Å². The lowest BCUT2D eigenvalue weighted by atomic mass is 9.80. The summed E-state index contributed by atoms with van der Waals surface area (Å²) >= 11 is 0. The number of benzene rings is 4. The summed E-state index contributed by atoms with van der Waals surface area (Å²) in [5.74, 6) is -2.13. The van der Waals surface area contributed by atoms with Gasteiger partial charge >= 0.3 is 17.6 Å². The Morgan fingerprint density at radius 1 is 0.861 bits per heavy atom. The fourth-order valence-electron chi connectivity index (χ4n) is 9.00. The number of hydrogen-bond acceptors (Lipinski definition) is 19. The van der Waals surface area contributed by atoms with Gasteiger partial charge in [0.05, 0.1) is 45.9 Å². The van der Waals surface area contributed by atoms with Crippen molar-refractivity contribution < 1.29 is 53.1 Å². The Kier molecular flexibility index (Phi) is 18.6. The van der Waals surface area contributed by atoms with Crippen LogP contribution in [0.5, 0.6) is 11.5 Å². The summed E-state index contributed by atoms with van der Waals surface area (Å²) in [6, 6.07) is 28.9. The molecule has 24 nitrogen and oxygen atoms in total. The summed E-state index contributed by atoms with van der Waals surface area (Å²) in [7, 11) is 3.09. The normalized spacial score (nSPS) is 16.5. The van der Waals surface area contributed by atoms with E-state index in [0.29, 0.717) is 51.0 Å². The molecular weight excluding hydrogens is 1020 g/mol. The van der Waals surface area contributed by atoms with Gasteiger partial charge < -0.3 is 44.9 Å². The zero-order valence-corrected chi connectivity index (χ0v) is 43.4. The van der Waals surface area contributed by atoms with Gasteiger partial charge in [-0.2, -0.15) is 4.98 Å². The van der Waals surface area contributed by atoms with Crippen molar-refractivity contribution in [3.8, 4) is 11.5 Å². The Balaban J connectivity index is 1.09. The minimum atomic E-state index is -1.80. The Morgan fingerprint density at radius 2 is 1.53 bits per heavy atom. The maximum atomic E-state index is 14.7. The van der Waals surface area contributed by atoms with Crippen molar-refractivity contribution in [1.82, 2.24) is 40.1 Å². The second kappa shape index (κ2) is 26.0. The third kappa shape index (κ3) is 13.3. The molecule has 0 bridgehead atoms. The molecule has 24 heteroatoms. The molecule has 3 aromatic heterocycles. The maximum absolute atomic E-state index is 14.7. The summed E-state index contributed by atoms with van der Waals surface area (Å²) < 4.78 is 30.8. The van der Waals surface area contributed by atoms with Crippen LogP contribution in [0.4, 0.5) is 11.6 Å². The molecule has 414 valence electrons. The molecule has 1 fully saturated rings.